The molecule has 14 heavy (non-hydrogen) atoms. The Bertz CT molecular complexity index is 189. The Morgan fingerprint density at radius 3 is 2.71 bits per heavy atom. The second-order valence-electron chi connectivity index (χ2n) is 4.65. The standard InChI is InChI=1S/C12H23NO/c1-4-5-6-12-8-7-10(2)9-13(12)11(3)14/h10,12H,4-9H2,1-3H3. The predicted octanol–water partition coefficient (Wildman–Crippen LogP) is 2.82. The van der Waals surface area contributed by atoms with Crippen LogP contribution < -0.4 is 0 Å². The molecule has 2 heteroatoms. The van der Waals surface area contributed by atoms with Crippen LogP contribution in [0.25, 0.3) is 0 Å². The lowest BCUT2D eigenvalue weighted by molar-refractivity contribution is -0.133. The van der Waals surface area contributed by atoms with E-state index in [0.717, 1.165) is 6.54 Å². The maximum atomic E-state index is 11.4. The van der Waals surface area contributed by atoms with Crippen molar-refractivity contribution in [3.8, 4) is 0 Å². The first-order chi connectivity index (χ1) is 6.65. The highest BCUT2D eigenvalue weighted by molar-refractivity contribution is 5.73. The fourth-order valence-electron chi connectivity index (χ4n) is 2.33. The van der Waals surface area contributed by atoms with Gasteiger partial charge >= 0.3 is 0 Å². The van der Waals surface area contributed by atoms with E-state index in [1.807, 2.05) is 0 Å². The predicted molar refractivity (Wildman–Crippen MR) is 59.1 cm³/mol. The van der Waals surface area contributed by atoms with Crippen LogP contribution in [0.4, 0.5) is 0 Å². The van der Waals surface area contributed by atoms with E-state index < -0.39 is 0 Å². The second-order valence-corrected chi connectivity index (χ2v) is 4.65. The molecule has 0 aliphatic carbocycles. The Morgan fingerprint density at radius 1 is 1.43 bits per heavy atom. The molecular weight excluding hydrogens is 174 g/mol. The van der Waals surface area contributed by atoms with E-state index in [2.05, 4.69) is 18.7 Å². The molecule has 1 aliphatic heterocycles. The summed E-state index contributed by atoms with van der Waals surface area (Å²) in [6.07, 6.45) is 6.18. The van der Waals surface area contributed by atoms with Crippen molar-refractivity contribution in [3.05, 3.63) is 0 Å². The topological polar surface area (TPSA) is 20.3 Å². The number of likely N-dealkylation sites (tertiary alicyclic amines) is 1. The van der Waals surface area contributed by atoms with Gasteiger partial charge < -0.3 is 4.90 Å². The van der Waals surface area contributed by atoms with Crippen molar-refractivity contribution < 1.29 is 4.79 Å². The SMILES string of the molecule is CCCCC1CCC(C)CN1C(C)=O. The number of amides is 1. The first kappa shape index (κ1) is 11.5. The molecule has 2 unspecified atom stereocenters. The molecule has 0 aromatic rings. The molecule has 0 bridgehead atoms. The zero-order chi connectivity index (χ0) is 10.6. The number of carbonyl (C=O) groups is 1. The summed E-state index contributed by atoms with van der Waals surface area (Å²) in [5.41, 5.74) is 0. The van der Waals surface area contributed by atoms with E-state index in [9.17, 15) is 4.79 Å². The van der Waals surface area contributed by atoms with E-state index in [0.29, 0.717) is 12.0 Å². The van der Waals surface area contributed by atoms with Gasteiger partial charge in [0.05, 0.1) is 0 Å². The summed E-state index contributed by atoms with van der Waals surface area (Å²) in [5.74, 6) is 0.953. The molecule has 2 nitrogen and oxygen atoms in total. The van der Waals surface area contributed by atoms with Crippen LogP contribution in [0.3, 0.4) is 0 Å². The molecule has 0 spiro atoms. The molecule has 0 N–H and O–H groups in total. The van der Waals surface area contributed by atoms with Crippen molar-refractivity contribution in [1.82, 2.24) is 4.90 Å². The van der Waals surface area contributed by atoms with Gasteiger partial charge in [0.2, 0.25) is 5.91 Å². The molecule has 1 fully saturated rings. The molecule has 0 aromatic carbocycles. The lowest BCUT2D eigenvalue weighted by atomic mass is 9.91. The molecule has 1 aliphatic rings. The largest absolute Gasteiger partial charge is 0.340 e. The summed E-state index contributed by atoms with van der Waals surface area (Å²) in [7, 11) is 0. The van der Waals surface area contributed by atoms with Crippen molar-refractivity contribution >= 4 is 5.91 Å². The van der Waals surface area contributed by atoms with Gasteiger partial charge in [0.1, 0.15) is 0 Å². The number of hydrogen-bond donors (Lipinski definition) is 0. The monoisotopic (exact) mass is 197 g/mol. The van der Waals surface area contributed by atoms with Gasteiger partial charge in [-0.3, -0.25) is 4.79 Å². The molecule has 1 rings (SSSR count). The quantitative estimate of drug-likeness (QED) is 0.681. The normalized spacial score (nSPS) is 27.8. The average molecular weight is 197 g/mol. The molecule has 0 saturated carbocycles. The van der Waals surface area contributed by atoms with Crippen molar-refractivity contribution in [2.24, 2.45) is 5.92 Å². The van der Waals surface area contributed by atoms with Crippen molar-refractivity contribution in [1.29, 1.82) is 0 Å². The minimum Gasteiger partial charge on any atom is -0.340 e. The minimum atomic E-state index is 0.262. The van der Waals surface area contributed by atoms with Gasteiger partial charge in [-0.05, 0) is 25.2 Å². The molecule has 1 heterocycles. The summed E-state index contributed by atoms with van der Waals surface area (Å²) < 4.78 is 0. The van der Waals surface area contributed by atoms with E-state index in [1.54, 1.807) is 6.92 Å². The molecule has 1 amide bonds. The van der Waals surface area contributed by atoms with E-state index >= 15 is 0 Å². The summed E-state index contributed by atoms with van der Waals surface area (Å²) in [6.45, 7) is 7.14. The fourth-order valence-corrected chi connectivity index (χ4v) is 2.33. The maximum absolute atomic E-state index is 11.4. The zero-order valence-electron chi connectivity index (χ0n) is 9.75. The molecular formula is C12H23NO. The van der Waals surface area contributed by atoms with Crippen LogP contribution in [-0.2, 0) is 4.79 Å². The van der Waals surface area contributed by atoms with E-state index in [4.69, 9.17) is 0 Å². The molecule has 2 atom stereocenters. The first-order valence-corrected chi connectivity index (χ1v) is 5.92. The Labute approximate surface area is 87.7 Å². The Kier molecular flexibility index (Phi) is 4.43. The second kappa shape index (κ2) is 5.38. The Morgan fingerprint density at radius 2 is 2.14 bits per heavy atom. The van der Waals surface area contributed by atoms with Gasteiger partial charge in [-0.1, -0.05) is 26.7 Å². The van der Waals surface area contributed by atoms with Gasteiger partial charge in [-0.15, -0.1) is 0 Å². The van der Waals surface area contributed by atoms with Crippen LogP contribution in [-0.4, -0.2) is 23.4 Å². The average Bonchev–Trinajstić information content (AvgIpc) is 2.15. The van der Waals surface area contributed by atoms with Crippen LogP contribution in [0.5, 0.6) is 0 Å². The summed E-state index contributed by atoms with van der Waals surface area (Å²) in [6, 6.07) is 0.531. The number of rotatable bonds is 3. The molecule has 1 saturated heterocycles. The third kappa shape index (κ3) is 3.00. The highest BCUT2D eigenvalue weighted by atomic mass is 16.2. The van der Waals surface area contributed by atoms with Crippen molar-refractivity contribution in [2.45, 2.75) is 58.9 Å². The molecule has 0 radical (unpaired) electrons. The van der Waals surface area contributed by atoms with Crippen LogP contribution in [0.15, 0.2) is 0 Å². The third-order valence-corrected chi connectivity index (χ3v) is 3.24. The number of piperidine rings is 1. The van der Waals surface area contributed by atoms with E-state index in [-0.39, 0.29) is 5.91 Å². The smallest absolute Gasteiger partial charge is 0.219 e. The maximum Gasteiger partial charge on any atom is 0.219 e. The Balaban J connectivity index is 2.49. The molecule has 82 valence electrons. The highest BCUT2D eigenvalue weighted by Crippen LogP contribution is 2.24. The lowest BCUT2D eigenvalue weighted by Crippen LogP contribution is -2.45. The van der Waals surface area contributed by atoms with Crippen LogP contribution in [0.1, 0.15) is 52.9 Å². The van der Waals surface area contributed by atoms with Crippen LogP contribution >= 0.6 is 0 Å². The first-order valence-electron chi connectivity index (χ1n) is 5.92. The molecule has 0 aromatic heterocycles. The number of unbranched alkanes of at least 4 members (excludes halogenated alkanes) is 1. The van der Waals surface area contributed by atoms with Gasteiger partial charge in [-0.25, -0.2) is 0 Å². The summed E-state index contributed by atoms with van der Waals surface area (Å²) >= 11 is 0. The van der Waals surface area contributed by atoms with Gasteiger partial charge in [0, 0.05) is 19.5 Å². The van der Waals surface area contributed by atoms with Gasteiger partial charge in [0.15, 0.2) is 0 Å². The summed E-state index contributed by atoms with van der Waals surface area (Å²) in [5, 5.41) is 0. The van der Waals surface area contributed by atoms with Crippen LogP contribution in [0.2, 0.25) is 0 Å². The number of hydrogen-bond acceptors (Lipinski definition) is 1. The zero-order valence-corrected chi connectivity index (χ0v) is 9.75. The number of nitrogens with zero attached hydrogens (tertiary/aromatic N) is 1. The number of carbonyl (C=O) groups excluding carboxylic acids is 1. The van der Waals surface area contributed by atoms with Crippen molar-refractivity contribution in [2.75, 3.05) is 6.54 Å². The van der Waals surface area contributed by atoms with Crippen molar-refractivity contribution in [3.63, 3.8) is 0 Å². The fraction of sp³-hybridized carbons (Fsp3) is 0.917. The van der Waals surface area contributed by atoms with E-state index in [1.165, 1.54) is 32.1 Å². The Hall–Kier alpha value is -0.530. The highest BCUT2D eigenvalue weighted by Gasteiger charge is 2.26. The van der Waals surface area contributed by atoms with Crippen LogP contribution in [0, 0.1) is 5.92 Å². The van der Waals surface area contributed by atoms with Gasteiger partial charge in [0.25, 0.3) is 0 Å². The lowest BCUT2D eigenvalue weighted by Gasteiger charge is -2.38. The third-order valence-electron chi connectivity index (χ3n) is 3.24. The summed E-state index contributed by atoms with van der Waals surface area (Å²) in [4.78, 5) is 13.5. The van der Waals surface area contributed by atoms with Gasteiger partial charge in [-0.2, -0.15) is 0 Å². The minimum absolute atomic E-state index is 0.262.